The molecule has 0 fully saturated rings. The lowest BCUT2D eigenvalue weighted by atomic mass is 10.1. The average molecular weight is 231 g/mol. The van der Waals surface area contributed by atoms with E-state index in [9.17, 15) is 0 Å². The van der Waals surface area contributed by atoms with E-state index in [0.29, 0.717) is 0 Å². The second kappa shape index (κ2) is 5.09. The first-order valence-electron chi connectivity index (χ1n) is 5.06. The molecule has 82 valence electrons. The fraction of sp³-hybridized carbons (Fsp3) is 0.167. The van der Waals surface area contributed by atoms with Gasteiger partial charge in [-0.3, -0.25) is 0 Å². The fourth-order valence-electron chi connectivity index (χ4n) is 1.40. The zero-order chi connectivity index (χ0) is 11.4. The van der Waals surface area contributed by atoms with Crippen molar-refractivity contribution in [3.05, 3.63) is 48.4 Å². The number of aromatic nitrogens is 2. The number of nitrogens with zero attached hydrogens (tertiary/aromatic N) is 2. The summed E-state index contributed by atoms with van der Waals surface area (Å²) in [6.45, 7) is 1.99. The minimum Gasteiger partial charge on any atom is -0.324 e. The highest BCUT2D eigenvalue weighted by atomic mass is 32.2. The van der Waals surface area contributed by atoms with Gasteiger partial charge in [0.25, 0.3) is 0 Å². The van der Waals surface area contributed by atoms with Gasteiger partial charge in [-0.2, -0.15) is 0 Å². The van der Waals surface area contributed by atoms with Gasteiger partial charge in [-0.05, 0) is 24.6 Å². The Morgan fingerprint density at radius 3 is 2.75 bits per heavy atom. The van der Waals surface area contributed by atoms with E-state index in [4.69, 9.17) is 5.73 Å². The Bertz CT molecular complexity index is 457. The summed E-state index contributed by atoms with van der Waals surface area (Å²) in [6.07, 6.45) is 3.29. The standard InChI is InChI=1S/C12H13N3S/c1-9(13)10-4-2-3-5-11(10)16-12-6-7-14-8-15-12/h2-9H,13H2,1H3/t9-/m1/s1. The number of nitrogens with two attached hydrogens (primary N) is 1. The first kappa shape index (κ1) is 11.1. The van der Waals surface area contributed by atoms with Crippen molar-refractivity contribution < 1.29 is 0 Å². The third-order valence-electron chi connectivity index (χ3n) is 2.18. The Kier molecular flexibility index (Phi) is 3.54. The highest BCUT2D eigenvalue weighted by Gasteiger charge is 2.07. The van der Waals surface area contributed by atoms with Gasteiger partial charge in [0.15, 0.2) is 0 Å². The van der Waals surface area contributed by atoms with Gasteiger partial charge in [-0.15, -0.1) is 0 Å². The first-order valence-corrected chi connectivity index (χ1v) is 5.87. The maximum Gasteiger partial charge on any atom is 0.116 e. The molecule has 0 aliphatic rings. The molecular formula is C12H13N3S. The average Bonchev–Trinajstić information content (AvgIpc) is 2.31. The van der Waals surface area contributed by atoms with Crippen LogP contribution in [-0.4, -0.2) is 9.97 Å². The van der Waals surface area contributed by atoms with Crippen LogP contribution in [-0.2, 0) is 0 Å². The van der Waals surface area contributed by atoms with Crippen molar-refractivity contribution >= 4 is 11.8 Å². The van der Waals surface area contributed by atoms with E-state index in [1.807, 2.05) is 31.2 Å². The maximum absolute atomic E-state index is 5.92. The van der Waals surface area contributed by atoms with Crippen molar-refractivity contribution in [1.29, 1.82) is 0 Å². The molecule has 0 bridgehead atoms. The molecule has 1 aromatic heterocycles. The summed E-state index contributed by atoms with van der Waals surface area (Å²) in [5, 5.41) is 0.933. The highest BCUT2D eigenvalue weighted by Crippen LogP contribution is 2.30. The normalized spacial score (nSPS) is 12.4. The molecule has 2 rings (SSSR count). The predicted octanol–water partition coefficient (Wildman–Crippen LogP) is 2.65. The van der Waals surface area contributed by atoms with Gasteiger partial charge in [-0.25, -0.2) is 9.97 Å². The van der Waals surface area contributed by atoms with Crippen LogP contribution < -0.4 is 5.73 Å². The molecule has 0 spiro atoms. The summed E-state index contributed by atoms with van der Waals surface area (Å²) in [5.41, 5.74) is 7.07. The van der Waals surface area contributed by atoms with Gasteiger partial charge in [0.05, 0.1) is 0 Å². The Hall–Kier alpha value is -1.39. The Labute approximate surface area is 99.1 Å². The Morgan fingerprint density at radius 1 is 1.25 bits per heavy atom. The third kappa shape index (κ3) is 2.59. The Balaban J connectivity index is 2.28. The molecule has 4 heteroatoms. The van der Waals surface area contributed by atoms with Crippen LogP contribution in [0.5, 0.6) is 0 Å². The number of hydrogen-bond acceptors (Lipinski definition) is 4. The highest BCUT2D eigenvalue weighted by molar-refractivity contribution is 7.99. The second-order valence-electron chi connectivity index (χ2n) is 3.48. The molecule has 0 saturated carbocycles. The maximum atomic E-state index is 5.92. The molecule has 0 saturated heterocycles. The molecule has 1 aromatic carbocycles. The summed E-state index contributed by atoms with van der Waals surface area (Å²) in [5.74, 6) is 0. The molecule has 3 nitrogen and oxygen atoms in total. The van der Waals surface area contributed by atoms with Crippen LogP contribution in [0.4, 0.5) is 0 Å². The van der Waals surface area contributed by atoms with Crippen molar-refractivity contribution in [2.75, 3.05) is 0 Å². The summed E-state index contributed by atoms with van der Waals surface area (Å²) >= 11 is 1.61. The largest absolute Gasteiger partial charge is 0.324 e. The zero-order valence-corrected chi connectivity index (χ0v) is 9.82. The van der Waals surface area contributed by atoms with E-state index in [1.54, 1.807) is 24.3 Å². The lowest BCUT2D eigenvalue weighted by Crippen LogP contribution is -2.06. The summed E-state index contributed by atoms with van der Waals surface area (Å²) in [7, 11) is 0. The van der Waals surface area contributed by atoms with Gasteiger partial charge in [0, 0.05) is 17.1 Å². The van der Waals surface area contributed by atoms with Crippen LogP contribution in [0.2, 0.25) is 0 Å². The van der Waals surface area contributed by atoms with E-state index in [2.05, 4.69) is 16.0 Å². The summed E-state index contributed by atoms with van der Waals surface area (Å²) < 4.78 is 0. The molecule has 0 aliphatic heterocycles. The van der Waals surface area contributed by atoms with Gasteiger partial charge < -0.3 is 5.73 Å². The quantitative estimate of drug-likeness (QED) is 0.825. The molecule has 1 atom stereocenters. The van der Waals surface area contributed by atoms with E-state index < -0.39 is 0 Å². The van der Waals surface area contributed by atoms with E-state index in [1.165, 1.54) is 0 Å². The molecule has 16 heavy (non-hydrogen) atoms. The zero-order valence-electron chi connectivity index (χ0n) is 9.00. The monoisotopic (exact) mass is 231 g/mol. The van der Waals surface area contributed by atoms with Gasteiger partial charge >= 0.3 is 0 Å². The van der Waals surface area contributed by atoms with Crippen molar-refractivity contribution in [3.63, 3.8) is 0 Å². The second-order valence-corrected chi connectivity index (χ2v) is 4.54. The van der Waals surface area contributed by atoms with Crippen LogP contribution in [0.25, 0.3) is 0 Å². The minimum absolute atomic E-state index is 0.0329. The lowest BCUT2D eigenvalue weighted by Gasteiger charge is -2.11. The molecular weight excluding hydrogens is 218 g/mol. The van der Waals surface area contributed by atoms with Crippen LogP contribution >= 0.6 is 11.8 Å². The van der Waals surface area contributed by atoms with Crippen molar-refractivity contribution in [2.45, 2.75) is 22.9 Å². The van der Waals surface area contributed by atoms with Crippen LogP contribution in [0.3, 0.4) is 0 Å². The molecule has 0 aliphatic carbocycles. The van der Waals surface area contributed by atoms with Crippen molar-refractivity contribution in [1.82, 2.24) is 9.97 Å². The minimum atomic E-state index is 0.0329. The topological polar surface area (TPSA) is 51.8 Å². The fourth-order valence-corrected chi connectivity index (χ4v) is 2.37. The van der Waals surface area contributed by atoms with E-state index in [-0.39, 0.29) is 6.04 Å². The predicted molar refractivity (Wildman–Crippen MR) is 65.2 cm³/mol. The number of benzene rings is 1. The van der Waals surface area contributed by atoms with Crippen molar-refractivity contribution in [2.24, 2.45) is 5.73 Å². The SMILES string of the molecule is C[C@@H](N)c1ccccc1Sc1ccncn1. The van der Waals surface area contributed by atoms with E-state index in [0.717, 1.165) is 15.5 Å². The van der Waals surface area contributed by atoms with Gasteiger partial charge in [0.2, 0.25) is 0 Å². The summed E-state index contributed by atoms with van der Waals surface area (Å²) in [4.78, 5) is 9.23. The number of rotatable bonds is 3. The first-order chi connectivity index (χ1) is 7.77. The smallest absolute Gasteiger partial charge is 0.116 e. The van der Waals surface area contributed by atoms with E-state index >= 15 is 0 Å². The Morgan fingerprint density at radius 2 is 2.06 bits per heavy atom. The van der Waals surface area contributed by atoms with Gasteiger partial charge in [0.1, 0.15) is 11.4 Å². The summed E-state index contributed by atoms with van der Waals surface area (Å²) in [6, 6.07) is 10.0. The van der Waals surface area contributed by atoms with Crippen LogP contribution in [0, 0.1) is 0 Å². The molecule has 2 N–H and O–H groups in total. The number of hydrogen-bond donors (Lipinski definition) is 1. The lowest BCUT2D eigenvalue weighted by molar-refractivity contribution is 0.797. The molecule has 0 unspecified atom stereocenters. The van der Waals surface area contributed by atoms with Crippen molar-refractivity contribution in [3.8, 4) is 0 Å². The van der Waals surface area contributed by atoms with Crippen LogP contribution in [0.15, 0.2) is 52.8 Å². The molecule has 2 aromatic rings. The van der Waals surface area contributed by atoms with Crippen LogP contribution in [0.1, 0.15) is 18.5 Å². The van der Waals surface area contributed by atoms with Gasteiger partial charge in [-0.1, -0.05) is 30.0 Å². The molecule has 0 radical (unpaired) electrons. The molecule has 1 heterocycles. The molecule has 0 amide bonds. The third-order valence-corrected chi connectivity index (χ3v) is 3.22.